The molecule has 52 heavy (non-hydrogen) atoms. The molecule has 0 radical (unpaired) electrons. The van der Waals surface area contributed by atoms with Crippen LogP contribution in [0.25, 0.3) is 12.2 Å². The summed E-state index contributed by atoms with van der Waals surface area (Å²) in [7, 11) is -6.21. The molecule has 0 aliphatic carbocycles. The lowest BCUT2D eigenvalue weighted by Gasteiger charge is -2.38. The van der Waals surface area contributed by atoms with Crippen LogP contribution in [0.4, 0.5) is 29.2 Å². The molecule has 0 saturated carbocycles. The largest absolute Gasteiger partial charge is 0.477 e. The second-order valence-corrected chi connectivity index (χ2v) is 26.6. The van der Waals surface area contributed by atoms with Crippen molar-refractivity contribution >= 4 is 90.4 Å². The first kappa shape index (κ1) is 41.2. The summed E-state index contributed by atoms with van der Waals surface area (Å²) < 4.78 is 13.2. The molecule has 0 aliphatic heterocycles. The Morgan fingerprint density at radius 1 is 0.596 bits per heavy atom. The third-order valence-corrected chi connectivity index (χ3v) is 16.3. The number of anilines is 5. The number of carboxylic acid groups (broad SMARTS) is 4. The van der Waals surface area contributed by atoms with Gasteiger partial charge in [0, 0.05) is 17.9 Å². The molecule has 278 valence electrons. The van der Waals surface area contributed by atoms with E-state index in [-0.39, 0.29) is 17.8 Å². The normalized spacial score (nSPS) is 11.6. The Morgan fingerprint density at radius 3 is 1.27 bits per heavy atom. The predicted octanol–water partition coefficient (Wildman–Crippen LogP) is 6.04. The SMILES string of the molecule is C[Si](C)(C)O[Si](C)(CCCNc1nc(Nc2ccc(C=C(C(=O)O)C(=O)O)cc2)nc(Nc2ccc(C=C(C(=O)O)C(=O)O)cc2)n1)O[Si](C)(C)C. The third-order valence-electron chi connectivity index (χ3n) is 6.65. The van der Waals surface area contributed by atoms with Gasteiger partial charge < -0.3 is 44.6 Å². The molecule has 16 nitrogen and oxygen atoms in total. The van der Waals surface area contributed by atoms with Crippen LogP contribution in [0.5, 0.6) is 0 Å². The van der Waals surface area contributed by atoms with E-state index in [0.717, 1.165) is 24.6 Å². The lowest BCUT2D eigenvalue weighted by atomic mass is 10.1. The van der Waals surface area contributed by atoms with Gasteiger partial charge in [0.15, 0.2) is 16.6 Å². The summed E-state index contributed by atoms with van der Waals surface area (Å²) in [6, 6.07) is 13.3. The summed E-state index contributed by atoms with van der Waals surface area (Å²) in [5.41, 5.74) is 0.194. The average Bonchev–Trinajstić information content (AvgIpc) is 3.00. The van der Waals surface area contributed by atoms with Crippen LogP contribution in [0.3, 0.4) is 0 Å². The minimum atomic E-state index is -2.47. The summed E-state index contributed by atoms with van der Waals surface area (Å²) in [6.07, 6.45) is 2.82. The summed E-state index contributed by atoms with van der Waals surface area (Å²) >= 11 is 0. The molecular weight excluding hydrogens is 725 g/mol. The standard InChI is InChI=1S/C33H44N6O10Si3/c1-50(2,3)48-52(7,49-51(4,5)6)18-8-17-34-31-37-32(35-23-13-9-21(10-14-23)19-25(27(40)41)28(42)43)39-33(38-31)36-24-15-11-22(12-16-24)20-26(29(44)45)30(46)47/h9-16,19-20H,8,17-18H2,1-7H3,(H,40,41)(H,42,43)(H,44,45)(H,46,47)(H3,34,35,36,37,38,39). The highest BCUT2D eigenvalue weighted by atomic mass is 28.5. The van der Waals surface area contributed by atoms with Gasteiger partial charge in [-0.1, -0.05) is 24.3 Å². The van der Waals surface area contributed by atoms with E-state index >= 15 is 0 Å². The van der Waals surface area contributed by atoms with Crippen molar-refractivity contribution in [3.05, 3.63) is 70.8 Å². The molecule has 0 unspecified atom stereocenters. The van der Waals surface area contributed by atoms with Crippen LogP contribution in [-0.2, 0) is 27.4 Å². The highest BCUT2D eigenvalue weighted by Gasteiger charge is 2.39. The first-order valence-corrected chi connectivity index (χ1v) is 25.5. The number of nitrogens with one attached hydrogen (secondary N) is 3. The second kappa shape index (κ2) is 17.3. The van der Waals surface area contributed by atoms with E-state index in [1.807, 2.05) is 0 Å². The number of rotatable bonds is 19. The summed E-state index contributed by atoms with van der Waals surface area (Å²) in [5, 5.41) is 46.0. The van der Waals surface area contributed by atoms with Gasteiger partial charge in [0.1, 0.15) is 11.1 Å². The third kappa shape index (κ3) is 13.8. The van der Waals surface area contributed by atoms with Crippen molar-refractivity contribution < 1.29 is 47.8 Å². The van der Waals surface area contributed by atoms with E-state index in [0.29, 0.717) is 29.0 Å². The van der Waals surface area contributed by atoms with Crippen LogP contribution >= 0.6 is 0 Å². The van der Waals surface area contributed by atoms with E-state index in [2.05, 4.69) is 76.7 Å². The molecule has 0 amide bonds. The van der Waals surface area contributed by atoms with Crippen molar-refractivity contribution in [3.63, 3.8) is 0 Å². The van der Waals surface area contributed by atoms with Gasteiger partial charge >= 0.3 is 32.4 Å². The monoisotopic (exact) mass is 768 g/mol. The Balaban J connectivity index is 1.87. The van der Waals surface area contributed by atoms with Crippen LogP contribution in [-0.4, -0.2) is 91.0 Å². The zero-order chi connectivity index (χ0) is 38.9. The predicted molar refractivity (Wildman–Crippen MR) is 204 cm³/mol. The van der Waals surface area contributed by atoms with Gasteiger partial charge in [-0.05, 0) is 106 Å². The Labute approximate surface area is 304 Å². The number of carbonyl (C=O) groups is 4. The van der Waals surface area contributed by atoms with Gasteiger partial charge in [0.25, 0.3) is 0 Å². The molecule has 1 aromatic heterocycles. The van der Waals surface area contributed by atoms with E-state index in [9.17, 15) is 19.2 Å². The van der Waals surface area contributed by atoms with E-state index in [4.69, 9.17) is 28.7 Å². The maximum absolute atomic E-state index is 11.3. The number of carboxylic acids is 4. The number of aromatic nitrogens is 3. The lowest BCUT2D eigenvalue weighted by Crippen LogP contribution is -2.52. The van der Waals surface area contributed by atoms with Crippen molar-refractivity contribution in [1.29, 1.82) is 0 Å². The van der Waals surface area contributed by atoms with Gasteiger partial charge in [0.2, 0.25) is 17.8 Å². The zero-order valence-corrected chi connectivity index (χ0v) is 33.0. The smallest absolute Gasteiger partial charge is 0.343 e. The second-order valence-electron chi connectivity index (χ2n) is 13.7. The topological polar surface area (TPSA) is 242 Å². The molecule has 2 aromatic carbocycles. The summed E-state index contributed by atoms with van der Waals surface area (Å²) in [5.74, 6) is -5.69. The average molecular weight is 769 g/mol. The van der Waals surface area contributed by atoms with Crippen LogP contribution in [0.15, 0.2) is 59.7 Å². The number of nitrogens with zero attached hydrogens (tertiary/aromatic N) is 3. The first-order valence-electron chi connectivity index (χ1n) is 16.1. The first-order chi connectivity index (χ1) is 24.1. The van der Waals surface area contributed by atoms with E-state index in [1.54, 1.807) is 24.3 Å². The van der Waals surface area contributed by atoms with Crippen LogP contribution < -0.4 is 16.0 Å². The minimum absolute atomic E-state index is 0.149. The molecule has 0 atom stereocenters. The molecule has 0 bridgehead atoms. The van der Waals surface area contributed by atoms with Crippen molar-refractivity contribution in [1.82, 2.24) is 15.0 Å². The number of aliphatic carboxylic acids is 4. The lowest BCUT2D eigenvalue weighted by molar-refractivity contribution is -0.142. The molecule has 19 heteroatoms. The van der Waals surface area contributed by atoms with Gasteiger partial charge in [-0.15, -0.1) is 0 Å². The number of benzene rings is 2. The molecule has 3 rings (SSSR count). The Hall–Kier alpha value is -5.22. The molecule has 3 aromatic rings. The van der Waals surface area contributed by atoms with Crippen molar-refractivity contribution in [3.8, 4) is 0 Å². The molecule has 0 saturated heterocycles. The fourth-order valence-corrected chi connectivity index (χ4v) is 17.5. The van der Waals surface area contributed by atoms with E-state index in [1.165, 1.54) is 24.3 Å². The van der Waals surface area contributed by atoms with Gasteiger partial charge in [-0.2, -0.15) is 15.0 Å². The van der Waals surface area contributed by atoms with Crippen LogP contribution in [0.1, 0.15) is 17.5 Å². The van der Waals surface area contributed by atoms with Crippen LogP contribution in [0.2, 0.25) is 51.9 Å². The fraction of sp³-hybridized carbons (Fsp3) is 0.303. The minimum Gasteiger partial charge on any atom is -0.477 e. The maximum atomic E-state index is 11.3. The van der Waals surface area contributed by atoms with Crippen molar-refractivity contribution in [2.75, 3.05) is 22.5 Å². The van der Waals surface area contributed by atoms with E-state index < -0.39 is 60.2 Å². The summed E-state index contributed by atoms with van der Waals surface area (Å²) in [6.45, 7) is 15.5. The fourth-order valence-electron chi connectivity index (χ4n) is 4.94. The molecule has 0 fully saturated rings. The molecular formula is C33H44N6O10Si3. The Bertz CT molecular complexity index is 1690. The van der Waals surface area contributed by atoms with Gasteiger partial charge in [0.05, 0.1) is 0 Å². The quantitative estimate of drug-likeness (QED) is 0.0242. The zero-order valence-electron chi connectivity index (χ0n) is 30.0. The van der Waals surface area contributed by atoms with Gasteiger partial charge in [-0.25, -0.2) is 19.2 Å². The molecule has 7 N–H and O–H groups in total. The van der Waals surface area contributed by atoms with Gasteiger partial charge in [-0.3, -0.25) is 0 Å². The highest BCUT2D eigenvalue weighted by molar-refractivity contribution is 6.87. The van der Waals surface area contributed by atoms with Crippen LogP contribution in [0, 0.1) is 0 Å². The number of hydrogen-bond donors (Lipinski definition) is 7. The molecule has 0 aliphatic rings. The molecule has 1 heterocycles. The van der Waals surface area contributed by atoms with Crippen molar-refractivity contribution in [2.24, 2.45) is 0 Å². The highest BCUT2D eigenvalue weighted by Crippen LogP contribution is 2.26. The number of hydrogen-bond acceptors (Lipinski definition) is 12. The molecule has 0 spiro atoms. The van der Waals surface area contributed by atoms with Crippen molar-refractivity contribution in [2.45, 2.75) is 58.3 Å². The summed E-state index contributed by atoms with van der Waals surface area (Å²) in [4.78, 5) is 58.5. The Kier molecular flexibility index (Phi) is 13.7. The maximum Gasteiger partial charge on any atom is 0.343 e. The Morgan fingerprint density at radius 2 is 0.942 bits per heavy atom.